The molecular formula is C11H16O2. The molecule has 0 amide bonds. The van der Waals surface area contributed by atoms with Gasteiger partial charge in [-0.1, -0.05) is 12.1 Å². The van der Waals surface area contributed by atoms with E-state index in [1.54, 1.807) is 0 Å². The molecule has 0 saturated carbocycles. The zero-order valence-electron chi connectivity index (χ0n) is 8.59. The Balaban J connectivity index is 3.13. The molecule has 13 heavy (non-hydrogen) atoms. The predicted octanol–water partition coefficient (Wildman–Crippen LogP) is 2.25. The fourth-order valence-electron chi connectivity index (χ4n) is 1.35. The molecule has 1 N–H and O–H groups in total. The van der Waals surface area contributed by atoms with Gasteiger partial charge < -0.3 is 9.84 Å². The van der Waals surface area contributed by atoms with E-state index in [0.29, 0.717) is 0 Å². The molecule has 0 fully saturated rings. The van der Waals surface area contributed by atoms with Gasteiger partial charge in [-0.3, -0.25) is 0 Å². The SMILES string of the molecule is COC(O)c1cc(C)c(C)c(C)c1. The summed E-state index contributed by atoms with van der Waals surface area (Å²) in [7, 11) is 1.50. The highest BCUT2D eigenvalue weighted by Crippen LogP contribution is 2.20. The molecule has 2 heteroatoms. The predicted molar refractivity (Wildman–Crippen MR) is 52.6 cm³/mol. The van der Waals surface area contributed by atoms with Crippen molar-refractivity contribution in [2.45, 2.75) is 27.1 Å². The molecule has 0 bridgehead atoms. The van der Waals surface area contributed by atoms with Crippen LogP contribution < -0.4 is 0 Å². The molecule has 0 aliphatic heterocycles. The summed E-state index contributed by atoms with van der Waals surface area (Å²) in [4.78, 5) is 0. The van der Waals surface area contributed by atoms with E-state index in [9.17, 15) is 5.11 Å². The van der Waals surface area contributed by atoms with Crippen molar-refractivity contribution in [2.24, 2.45) is 0 Å². The van der Waals surface area contributed by atoms with Crippen LogP contribution in [0.15, 0.2) is 12.1 Å². The maximum atomic E-state index is 9.45. The number of benzene rings is 1. The standard InChI is InChI=1S/C11H16O2/c1-7-5-10(11(12)13-4)6-8(2)9(7)3/h5-6,11-12H,1-4H3. The maximum absolute atomic E-state index is 9.45. The zero-order chi connectivity index (χ0) is 10.0. The topological polar surface area (TPSA) is 29.5 Å². The molecule has 1 aromatic carbocycles. The third kappa shape index (κ3) is 2.08. The van der Waals surface area contributed by atoms with E-state index in [1.807, 2.05) is 26.0 Å². The number of rotatable bonds is 2. The molecule has 1 aromatic rings. The Bertz CT molecular complexity index is 282. The number of ether oxygens (including phenoxy) is 1. The van der Waals surface area contributed by atoms with Crippen molar-refractivity contribution in [1.29, 1.82) is 0 Å². The quantitative estimate of drug-likeness (QED) is 0.707. The van der Waals surface area contributed by atoms with Crippen molar-refractivity contribution in [3.05, 3.63) is 34.4 Å². The number of aliphatic hydroxyl groups is 1. The van der Waals surface area contributed by atoms with Gasteiger partial charge in [0, 0.05) is 12.7 Å². The lowest BCUT2D eigenvalue weighted by atomic mass is 10.0. The van der Waals surface area contributed by atoms with Crippen molar-refractivity contribution in [3.8, 4) is 0 Å². The molecule has 0 aliphatic carbocycles. The summed E-state index contributed by atoms with van der Waals surface area (Å²) in [6, 6.07) is 3.91. The van der Waals surface area contributed by atoms with Crippen LogP contribution in [0.4, 0.5) is 0 Å². The highest BCUT2D eigenvalue weighted by molar-refractivity contribution is 5.37. The second-order valence-electron chi connectivity index (χ2n) is 3.37. The number of aryl methyl sites for hydroxylation is 2. The average molecular weight is 180 g/mol. The number of hydrogen-bond donors (Lipinski definition) is 1. The van der Waals surface area contributed by atoms with Gasteiger partial charge in [0.2, 0.25) is 0 Å². The van der Waals surface area contributed by atoms with Crippen LogP contribution in [-0.4, -0.2) is 12.2 Å². The van der Waals surface area contributed by atoms with Gasteiger partial charge in [-0.05, 0) is 37.5 Å². The highest BCUT2D eigenvalue weighted by atomic mass is 16.6. The minimum absolute atomic E-state index is 0.807. The van der Waals surface area contributed by atoms with E-state index in [2.05, 4.69) is 6.92 Å². The van der Waals surface area contributed by atoms with Crippen LogP contribution >= 0.6 is 0 Å². The summed E-state index contributed by atoms with van der Waals surface area (Å²) in [6.45, 7) is 6.15. The van der Waals surface area contributed by atoms with Crippen molar-refractivity contribution in [3.63, 3.8) is 0 Å². The van der Waals surface area contributed by atoms with Gasteiger partial charge in [0.1, 0.15) is 0 Å². The smallest absolute Gasteiger partial charge is 0.180 e. The minimum atomic E-state index is -0.807. The molecule has 0 aromatic heterocycles. The summed E-state index contributed by atoms with van der Waals surface area (Å²) < 4.78 is 4.84. The molecule has 1 unspecified atom stereocenters. The lowest BCUT2D eigenvalue weighted by Gasteiger charge is -2.12. The monoisotopic (exact) mass is 180 g/mol. The van der Waals surface area contributed by atoms with Crippen LogP contribution in [0.2, 0.25) is 0 Å². The molecule has 0 aliphatic rings. The fourth-order valence-corrected chi connectivity index (χ4v) is 1.35. The van der Waals surface area contributed by atoms with Crippen LogP contribution in [0.5, 0.6) is 0 Å². The third-order valence-corrected chi connectivity index (χ3v) is 2.46. The second-order valence-corrected chi connectivity index (χ2v) is 3.37. The van der Waals surface area contributed by atoms with Gasteiger partial charge >= 0.3 is 0 Å². The van der Waals surface area contributed by atoms with Crippen molar-refractivity contribution in [1.82, 2.24) is 0 Å². The molecule has 2 nitrogen and oxygen atoms in total. The Morgan fingerprint density at radius 3 is 2.00 bits per heavy atom. The van der Waals surface area contributed by atoms with Gasteiger partial charge in [0.15, 0.2) is 6.29 Å². The first-order valence-electron chi connectivity index (χ1n) is 4.35. The van der Waals surface area contributed by atoms with Crippen molar-refractivity contribution < 1.29 is 9.84 Å². The summed E-state index contributed by atoms with van der Waals surface area (Å²) in [5, 5.41) is 9.45. The van der Waals surface area contributed by atoms with Gasteiger partial charge in [0.05, 0.1) is 0 Å². The largest absolute Gasteiger partial charge is 0.364 e. The zero-order valence-corrected chi connectivity index (χ0v) is 8.59. The Hall–Kier alpha value is -0.860. The van der Waals surface area contributed by atoms with E-state index in [0.717, 1.165) is 5.56 Å². The van der Waals surface area contributed by atoms with Crippen LogP contribution in [0, 0.1) is 20.8 Å². The van der Waals surface area contributed by atoms with E-state index in [4.69, 9.17) is 4.74 Å². The summed E-state index contributed by atoms with van der Waals surface area (Å²) in [6.07, 6.45) is -0.807. The maximum Gasteiger partial charge on any atom is 0.180 e. The highest BCUT2D eigenvalue weighted by Gasteiger charge is 2.08. The van der Waals surface area contributed by atoms with Gasteiger partial charge in [0.25, 0.3) is 0 Å². The van der Waals surface area contributed by atoms with E-state index in [1.165, 1.54) is 23.8 Å². The third-order valence-electron chi connectivity index (χ3n) is 2.46. The molecule has 0 heterocycles. The Morgan fingerprint density at radius 2 is 1.62 bits per heavy atom. The van der Waals surface area contributed by atoms with Crippen molar-refractivity contribution in [2.75, 3.05) is 7.11 Å². The number of hydrogen-bond acceptors (Lipinski definition) is 2. The first kappa shape index (κ1) is 10.2. The van der Waals surface area contributed by atoms with E-state index < -0.39 is 6.29 Å². The lowest BCUT2D eigenvalue weighted by Crippen LogP contribution is -2.01. The van der Waals surface area contributed by atoms with Crippen molar-refractivity contribution >= 4 is 0 Å². The summed E-state index contributed by atoms with van der Waals surface area (Å²) in [5.74, 6) is 0. The molecule has 1 rings (SSSR count). The first-order chi connectivity index (χ1) is 6.06. The van der Waals surface area contributed by atoms with Crippen LogP contribution in [0.1, 0.15) is 28.5 Å². The fraction of sp³-hybridized carbons (Fsp3) is 0.455. The average Bonchev–Trinajstić information content (AvgIpc) is 2.12. The molecule has 0 radical (unpaired) electrons. The van der Waals surface area contributed by atoms with Crippen LogP contribution in [0.25, 0.3) is 0 Å². The second kappa shape index (κ2) is 3.90. The Morgan fingerprint density at radius 1 is 1.15 bits per heavy atom. The Kier molecular flexibility index (Phi) is 3.07. The minimum Gasteiger partial charge on any atom is -0.364 e. The number of methoxy groups -OCH3 is 1. The Labute approximate surface area is 79.2 Å². The molecule has 72 valence electrons. The van der Waals surface area contributed by atoms with Crippen LogP contribution in [-0.2, 0) is 4.74 Å². The molecule has 0 spiro atoms. The molecule has 0 saturated heterocycles. The number of aliphatic hydroxyl groups excluding tert-OH is 1. The van der Waals surface area contributed by atoms with Gasteiger partial charge in [-0.2, -0.15) is 0 Å². The van der Waals surface area contributed by atoms with Crippen LogP contribution in [0.3, 0.4) is 0 Å². The summed E-state index contributed by atoms with van der Waals surface area (Å²) >= 11 is 0. The normalized spacial score (nSPS) is 13.0. The first-order valence-corrected chi connectivity index (χ1v) is 4.35. The summed E-state index contributed by atoms with van der Waals surface area (Å²) in [5.41, 5.74) is 4.47. The van der Waals surface area contributed by atoms with E-state index in [-0.39, 0.29) is 0 Å². The van der Waals surface area contributed by atoms with E-state index >= 15 is 0 Å². The van der Waals surface area contributed by atoms with Gasteiger partial charge in [-0.25, -0.2) is 0 Å². The van der Waals surface area contributed by atoms with Gasteiger partial charge in [-0.15, -0.1) is 0 Å². The molecule has 1 atom stereocenters. The molecular weight excluding hydrogens is 164 g/mol. The lowest BCUT2D eigenvalue weighted by molar-refractivity contribution is -0.0770.